The average molecular weight is 607 g/mol. The van der Waals surface area contributed by atoms with Crippen LogP contribution in [-0.4, -0.2) is 69.7 Å². The number of ether oxygens (including phenoxy) is 5. The van der Waals surface area contributed by atoms with Crippen molar-refractivity contribution in [3.8, 4) is 11.5 Å². The Balaban J connectivity index is 1.72. The van der Waals surface area contributed by atoms with Gasteiger partial charge in [0.25, 0.3) is 20.0 Å². The van der Waals surface area contributed by atoms with E-state index in [9.17, 15) is 16.8 Å². The Morgan fingerprint density at radius 2 is 0.829 bits per heavy atom. The third kappa shape index (κ3) is 8.81. The van der Waals surface area contributed by atoms with Crippen molar-refractivity contribution in [2.24, 2.45) is 0 Å². The zero-order chi connectivity index (χ0) is 29.3. The van der Waals surface area contributed by atoms with Gasteiger partial charge >= 0.3 is 0 Å². The zero-order valence-electron chi connectivity index (χ0n) is 22.9. The molecule has 0 amide bonds. The highest BCUT2D eigenvalue weighted by Crippen LogP contribution is 2.39. The molecule has 2 N–H and O–H groups in total. The molecule has 1 heterocycles. The van der Waals surface area contributed by atoms with Gasteiger partial charge in [-0.15, -0.1) is 0 Å². The van der Waals surface area contributed by atoms with Crippen molar-refractivity contribution in [1.82, 2.24) is 0 Å². The van der Waals surface area contributed by atoms with Crippen LogP contribution >= 0.6 is 0 Å². The van der Waals surface area contributed by atoms with Gasteiger partial charge in [-0.25, -0.2) is 16.8 Å². The van der Waals surface area contributed by atoms with Crippen molar-refractivity contribution in [3.63, 3.8) is 0 Å². The molecular formula is C28H34N2O9S2. The lowest BCUT2D eigenvalue weighted by atomic mass is 10.2. The van der Waals surface area contributed by atoms with Gasteiger partial charge in [0.2, 0.25) is 0 Å². The fraction of sp³-hybridized carbons (Fsp3) is 0.357. The van der Waals surface area contributed by atoms with Gasteiger partial charge in [-0.05, 0) is 38.1 Å². The molecule has 1 aliphatic rings. The van der Waals surface area contributed by atoms with Crippen LogP contribution in [0, 0.1) is 13.8 Å². The van der Waals surface area contributed by atoms with E-state index < -0.39 is 20.0 Å². The number of sulfonamides is 2. The molecule has 0 saturated heterocycles. The van der Waals surface area contributed by atoms with Gasteiger partial charge in [0, 0.05) is 12.1 Å². The lowest BCUT2D eigenvalue weighted by Gasteiger charge is -2.19. The number of aryl methyl sites for hydroxylation is 2. The molecule has 3 aromatic carbocycles. The fourth-order valence-electron chi connectivity index (χ4n) is 3.76. The summed E-state index contributed by atoms with van der Waals surface area (Å²) in [6, 6.07) is 15.3. The minimum atomic E-state index is -4.10. The standard InChI is InChI=1S/C28H34N2O9S2/c1-21-3-7-23(8-4-21)40(31,32)29-25-19-27-28(39-18-16-37-14-12-35-11-13-36-15-17-38-27)20-26(25)30-41(33,34)24-9-5-22(2)6-10-24/h3-10,19-20,29-30H,11-18H2,1-2H3. The topological polar surface area (TPSA) is 138 Å². The van der Waals surface area contributed by atoms with Crippen molar-refractivity contribution >= 4 is 31.4 Å². The Morgan fingerprint density at radius 3 is 1.17 bits per heavy atom. The Kier molecular flexibility index (Phi) is 10.5. The highest BCUT2D eigenvalue weighted by atomic mass is 32.2. The highest BCUT2D eigenvalue weighted by molar-refractivity contribution is 7.93. The van der Waals surface area contributed by atoms with Crippen molar-refractivity contribution < 1.29 is 40.5 Å². The first-order chi connectivity index (χ1) is 19.6. The van der Waals surface area contributed by atoms with Crippen molar-refractivity contribution in [1.29, 1.82) is 0 Å². The quantitative estimate of drug-likeness (QED) is 0.430. The number of hydrogen-bond acceptors (Lipinski definition) is 9. The first-order valence-corrected chi connectivity index (χ1v) is 16.0. The molecule has 1 aliphatic heterocycles. The van der Waals surface area contributed by atoms with Gasteiger partial charge < -0.3 is 23.7 Å². The number of anilines is 2. The van der Waals surface area contributed by atoms with E-state index in [0.717, 1.165) is 11.1 Å². The molecule has 41 heavy (non-hydrogen) atoms. The monoisotopic (exact) mass is 606 g/mol. The summed E-state index contributed by atoms with van der Waals surface area (Å²) in [5.41, 5.74) is 1.68. The number of hydrogen-bond donors (Lipinski definition) is 2. The molecule has 222 valence electrons. The van der Waals surface area contributed by atoms with Crippen molar-refractivity contribution in [3.05, 3.63) is 71.8 Å². The number of rotatable bonds is 6. The third-order valence-corrected chi connectivity index (χ3v) is 8.71. The lowest BCUT2D eigenvalue weighted by Crippen LogP contribution is -2.18. The lowest BCUT2D eigenvalue weighted by molar-refractivity contribution is 0.00708. The normalized spacial score (nSPS) is 15.8. The summed E-state index contributed by atoms with van der Waals surface area (Å²) in [4.78, 5) is 0.0213. The number of nitrogens with one attached hydrogen (secondary N) is 2. The third-order valence-electron chi connectivity index (χ3n) is 5.95. The molecule has 0 bridgehead atoms. The van der Waals surface area contributed by atoms with Crippen LogP contribution in [0.4, 0.5) is 11.4 Å². The Morgan fingerprint density at radius 1 is 0.512 bits per heavy atom. The SMILES string of the molecule is Cc1ccc(S(=O)(=O)Nc2cc3c(cc2NS(=O)(=O)c2ccc(C)cc2)OCCOCCOCCOCCO3)cc1. The van der Waals surface area contributed by atoms with E-state index in [1.54, 1.807) is 24.3 Å². The first kappa shape index (κ1) is 30.6. The van der Waals surface area contributed by atoms with Crippen molar-refractivity contribution in [2.45, 2.75) is 23.6 Å². The Bertz CT molecular complexity index is 1390. The molecule has 0 atom stereocenters. The van der Waals surface area contributed by atoms with Crippen LogP contribution in [0.2, 0.25) is 0 Å². The van der Waals surface area contributed by atoms with Gasteiger partial charge in [-0.3, -0.25) is 9.44 Å². The van der Waals surface area contributed by atoms with E-state index in [1.807, 2.05) is 13.8 Å². The van der Waals surface area contributed by atoms with Gasteiger partial charge in [-0.1, -0.05) is 35.4 Å². The van der Waals surface area contributed by atoms with Gasteiger partial charge in [0.15, 0.2) is 11.5 Å². The summed E-state index contributed by atoms with van der Waals surface area (Å²) in [6.45, 7) is 5.99. The highest BCUT2D eigenvalue weighted by Gasteiger charge is 2.23. The second-order valence-corrected chi connectivity index (χ2v) is 12.6. The van der Waals surface area contributed by atoms with Crippen LogP contribution in [0.3, 0.4) is 0 Å². The van der Waals surface area contributed by atoms with Crippen LogP contribution in [0.1, 0.15) is 11.1 Å². The summed E-state index contributed by atoms with van der Waals surface area (Å²) in [5, 5.41) is 0. The van der Waals surface area contributed by atoms with Crippen molar-refractivity contribution in [2.75, 3.05) is 62.3 Å². The van der Waals surface area contributed by atoms with E-state index in [2.05, 4.69) is 9.44 Å². The summed E-state index contributed by atoms with van der Waals surface area (Å²) in [6.07, 6.45) is 0. The van der Waals surface area contributed by atoms with Gasteiger partial charge in [0.05, 0.1) is 60.8 Å². The molecular weight excluding hydrogens is 572 g/mol. The maximum absolute atomic E-state index is 13.3. The molecule has 4 rings (SSSR count). The zero-order valence-corrected chi connectivity index (χ0v) is 24.6. The van der Waals surface area contributed by atoms with Gasteiger partial charge in [0.1, 0.15) is 13.2 Å². The summed E-state index contributed by atoms with van der Waals surface area (Å²) >= 11 is 0. The molecule has 0 spiro atoms. The van der Waals surface area contributed by atoms with Crippen LogP contribution in [0.5, 0.6) is 11.5 Å². The largest absolute Gasteiger partial charge is 0.487 e. The smallest absolute Gasteiger partial charge is 0.261 e. The fourth-order valence-corrected chi connectivity index (χ4v) is 5.90. The number of benzene rings is 3. The molecule has 13 heteroatoms. The van der Waals surface area contributed by atoms with E-state index >= 15 is 0 Å². The molecule has 0 saturated carbocycles. The molecule has 3 aromatic rings. The molecule has 0 aromatic heterocycles. The minimum Gasteiger partial charge on any atom is -0.487 e. The molecule has 0 aliphatic carbocycles. The predicted octanol–water partition coefficient (Wildman–Crippen LogP) is 3.73. The predicted molar refractivity (Wildman–Crippen MR) is 154 cm³/mol. The van der Waals surface area contributed by atoms with Gasteiger partial charge in [-0.2, -0.15) is 0 Å². The maximum Gasteiger partial charge on any atom is 0.261 e. The molecule has 0 radical (unpaired) electrons. The van der Waals surface area contributed by atoms with Crippen LogP contribution in [0.25, 0.3) is 0 Å². The van der Waals surface area contributed by atoms with E-state index in [4.69, 9.17) is 23.7 Å². The minimum absolute atomic E-state index is 0.0107. The summed E-state index contributed by atoms with van der Waals surface area (Å²) < 4.78 is 86.5. The Labute approximate surface area is 240 Å². The summed E-state index contributed by atoms with van der Waals surface area (Å²) in [7, 11) is -8.20. The molecule has 0 unspecified atom stereocenters. The van der Waals surface area contributed by atoms with E-state index in [-0.39, 0.29) is 59.1 Å². The molecule has 0 fully saturated rings. The van der Waals surface area contributed by atoms with E-state index in [0.29, 0.717) is 26.4 Å². The average Bonchev–Trinajstić information content (AvgIpc) is 2.93. The second kappa shape index (κ2) is 14.0. The van der Waals surface area contributed by atoms with Crippen LogP contribution in [0.15, 0.2) is 70.5 Å². The summed E-state index contributed by atoms with van der Waals surface area (Å²) in [5.74, 6) is 0.388. The van der Waals surface area contributed by atoms with Crippen LogP contribution < -0.4 is 18.9 Å². The number of fused-ring (bicyclic) bond motifs is 1. The van der Waals surface area contributed by atoms with Crippen LogP contribution in [-0.2, 0) is 34.3 Å². The van der Waals surface area contributed by atoms with E-state index in [1.165, 1.54) is 36.4 Å². The molecule has 11 nitrogen and oxygen atoms in total. The Hall–Kier alpha value is -3.36. The maximum atomic E-state index is 13.3. The second-order valence-electron chi connectivity index (χ2n) is 9.22. The first-order valence-electron chi connectivity index (χ1n) is 13.0.